The first kappa shape index (κ1) is 24.0. The van der Waals surface area contributed by atoms with Gasteiger partial charge in [-0.3, -0.25) is 9.69 Å². The van der Waals surface area contributed by atoms with Crippen molar-refractivity contribution in [2.24, 2.45) is 0 Å². The number of benzene rings is 1. The summed E-state index contributed by atoms with van der Waals surface area (Å²) in [6.45, 7) is 4.58. The summed E-state index contributed by atoms with van der Waals surface area (Å²) in [6.07, 6.45) is 2.42. The highest BCUT2D eigenvalue weighted by Gasteiger charge is 2.36. The summed E-state index contributed by atoms with van der Waals surface area (Å²) in [5.41, 5.74) is 1.17. The lowest BCUT2D eigenvalue weighted by Gasteiger charge is -2.37. The molecule has 180 valence electrons. The minimum Gasteiger partial charge on any atom is -0.493 e. The molecular weight excluding hydrogens is 440 g/mol. The van der Waals surface area contributed by atoms with E-state index in [4.69, 9.17) is 14.2 Å². The standard InChI is InChI=1S/C25H34N2O5S/c1-3-31-16-19(28)14-26(18-8-9-18)15-25(29)27-12-10-24-20(11-13-33-24)21(27)17-32-23-7-5-4-6-22(23)30-2/h4-7,11,13,18-19,21,28H,3,8-10,12,14-17H2,1-2H3/t19-,21+/m1/s1. The van der Waals surface area contributed by atoms with Crippen molar-refractivity contribution in [3.8, 4) is 11.5 Å². The van der Waals surface area contributed by atoms with Crippen LogP contribution in [0.3, 0.4) is 0 Å². The quantitative estimate of drug-likeness (QED) is 0.510. The van der Waals surface area contributed by atoms with Crippen LogP contribution in [0.25, 0.3) is 0 Å². The molecule has 1 aliphatic heterocycles. The third-order valence-corrected chi connectivity index (χ3v) is 7.24. The number of rotatable bonds is 12. The lowest BCUT2D eigenvalue weighted by Crippen LogP contribution is -2.48. The van der Waals surface area contributed by atoms with Gasteiger partial charge in [0.1, 0.15) is 6.61 Å². The normalized spacial score (nSPS) is 18.8. The summed E-state index contributed by atoms with van der Waals surface area (Å²) in [7, 11) is 1.63. The van der Waals surface area contributed by atoms with Crippen LogP contribution in [0.15, 0.2) is 35.7 Å². The number of hydrogen-bond acceptors (Lipinski definition) is 7. The maximum absolute atomic E-state index is 13.5. The molecule has 2 atom stereocenters. The van der Waals surface area contributed by atoms with Gasteiger partial charge in [-0.15, -0.1) is 11.3 Å². The van der Waals surface area contributed by atoms with Crippen molar-refractivity contribution in [3.05, 3.63) is 46.2 Å². The van der Waals surface area contributed by atoms with Gasteiger partial charge in [-0.05, 0) is 55.3 Å². The van der Waals surface area contributed by atoms with E-state index >= 15 is 0 Å². The molecule has 8 heteroatoms. The number of amides is 1. The van der Waals surface area contributed by atoms with Gasteiger partial charge in [-0.2, -0.15) is 0 Å². The fourth-order valence-electron chi connectivity index (χ4n) is 4.41. The average Bonchev–Trinajstić information content (AvgIpc) is 3.57. The van der Waals surface area contributed by atoms with E-state index in [0.29, 0.717) is 57.0 Å². The number of methoxy groups -OCH3 is 1. The number of nitrogens with zero attached hydrogens (tertiary/aromatic N) is 2. The Bertz CT molecular complexity index is 916. The highest BCUT2D eigenvalue weighted by atomic mass is 32.1. The molecule has 2 heterocycles. The molecule has 1 amide bonds. The lowest BCUT2D eigenvalue weighted by molar-refractivity contribution is -0.136. The predicted octanol–water partition coefficient (Wildman–Crippen LogP) is 3.12. The number of ether oxygens (including phenoxy) is 3. The van der Waals surface area contributed by atoms with E-state index in [1.807, 2.05) is 36.1 Å². The van der Waals surface area contributed by atoms with Crippen molar-refractivity contribution in [1.29, 1.82) is 0 Å². The maximum atomic E-state index is 13.5. The largest absolute Gasteiger partial charge is 0.493 e. The van der Waals surface area contributed by atoms with Gasteiger partial charge in [0.2, 0.25) is 5.91 Å². The van der Waals surface area contributed by atoms with E-state index in [1.54, 1.807) is 18.4 Å². The number of fused-ring (bicyclic) bond motifs is 1. The van der Waals surface area contributed by atoms with Gasteiger partial charge >= 0.3 is 0 Å². The highest BCUT2D eigenvalue weighted by Crippen LogP contribution is 2.36. The second kappa shape index (κ2) is 11.3. The molecule has 2 aliphatic rings. The number of thiophene rings is 1. The summed E-state index contributed by atoms with van der Waals surface area (Å²) in [4.78, 5) is 18.9. The third kappa shape index (κ3) is 6.06. The van der Waals surface area contributed by atoms with E-state index in [9.17, 15) is 9.90 Å². The first-order valence-corrected chi connectivity index (χ1v) is 12.6. The average molecular weight is 475 g/mol. The van der Waals surface area contributed by atoms with Crippen LogP contribution in [-0.4, -0.2) is 79.5 Å². The Balaban J connectivity index is 1.45. The lowest BCUT2D eigenvalue weighted by atomic mass is 10.0. The smallest absolute Gasteiger partial charge is 0.237 e. The van der Waals surface area contributed by atoms with Crippen molar-refractivity contribution in [2.75, 3.05) is 46.6 Å². The molecule has 33 heavy (non-hydrogen) atoms. The zero-order valence-corrected chi connectivity index (χ0v) is 20.3. The van der Waals surface area contributed by atoms with Crippen LogP contribution in [0, 0.1) is 0 Å². The first-order chi connectivity index (χ1) is 16.1. The van der Waals surface area contributed by atoms with Crippen molar-refractivity contribution < 1.29 is 24.1 Å². The summed E-state index contributed by atoms with van der Waals surface area (Å²) < 4.78 is 16.9. The van der Waals surface area contributed by atoms with Gasteiger partial charge in [0, 0.05) is 30.6 Å². The molecule has 1 fully saturated rings. The van der Waals surface area contributed by atoms with E-state index < -0.39 is 6.10 Å². The van der Waals surface area contributed by atoms with Crippen LogP contribution < -0.4 is 9.47 Å². The molecule has 7 nitrogen and oxygen atoms in total. The van der Waals surface area contributed by atoms with Gasteiger partial charge in [0.15, 0.2) is 11.5 Å². The zero-order chi connectivity index (χ0) is 23.2. The zero-order valence-electron chi connectivity index (χ0n) is 19.4. The molecule has 1 N–H and O–H groups in total. The number of aliphatic hydroxyl groups excluding tert-OH is 1. The molecule has 4 rings (SSSR count). The molecule has 0 spiro atoms. The number of carbonyl (C=O) groups excluding carboxylic acids is 1. The second-order valence-corrected chi connectivity index (χ2v) is 9.59. The molecule has 1 aromatic heterocycles. The third-order valence-electron chi connectivity index (χ3n) is 6.24. The van der Waals surface area contributed by atoms with E-state index in [1.165, 1.54) is 10.4 Å². The minimum absolute atomic E-state index is 0.0796. The molecule has 2 aromatic rings. The summed E-state index contributed by atoms with van der Waals surface area (Å²) >= 11 is 1.74. The van der Waals surface area contributed by atoms with Crippen molar-refractivity contribution >= 4 is 17.2 Å². The molecule has 0 bridgehead atoms. The SMILES string of the molecule is CCOC[C@H](O)CN(CC(=O)N1CCc2sccc2[C@@H]1COc1ccccc1OC)C1CC1. The van der Waals surface area contributed by atoms with E-state index in [-0.39, 0.29) is 11.9 Å². The molecule has 1 aliphatic carbocycles. The summed E-state index contributed by atoms with van der Waals surface area (Å²) in [5.74, 6) is 1.43. The second-order valence-electron chi connectivity index (χ2n) is 8.59. The molecule has 0 unspecified atom stereocenters. The number of para-hydroxylation sites is 2. The maximum Gasteiger partial charge on any atom is 0.237 e. The van der Waals surface area contributed by atoms with Crippen LogP contribution in [0.5, 0.6) is 11.5 Å². The fourth-order valence-corrected chi connectivity index (χ4v) is 5.33. The van der Waals surface area contributed by atoms with Crippen LogP contribution in [0.2, 0.25) is 0 Å². The Morgan fingerprint density at radius 3 is 2.79 bits per heavy atom. The monoisotopic (exact) mass is 474 g/mol. The Hall–Kier alpha value is -2.13. The Labute approximate surface area is 199 Å². The van der Waals surface area contributed by atoms with E-state index in [2.05, 4.69) is 16.3 Å². The first-order valence-electron chi connectivity index (χ1n) is 11.7. The van der Waals surface area contributed by atoms with Gasteiger partial charge in [-0.1, -0.05) is 12.1 Å². The summed E-state index contributed by atoms with van der Waals surface area (Å²) in [5, 5.41) is 12.4. The van der Waals surface area contributed by atoms with Crippen molar-refractivity contribution in [2.45, 2.75) is 44.4 Å². The Kier molecular flexibility index (Phi) is 8.25. The highest BCUT2D eigenvalue weighted by molar-refractivity contribution is 7.10. The molecule has 0 saturated heterocycles. The van der Waals surface area contributed by atoms with Gasteiger partial charge < -0.3 is 24.2 Å². The van der Waals surface area contributed by atoms with Crippen LogP contribution in [0.4, 0.5) is 0 Å². The van der Waals surface area contributed by atoms with Crippen LogP contribution >= 0.6 is 11.3 Å². The van der Waals surface area contributed by atoms with Gasteiger partial charge in [-0.25, -0.2) is 0 Å². The Morgan fingerprint density at radius 2 is 2.06 bits per heavy atom. The van der Waals surface area contributed by atoms with Crippen LogP contribution in [-0.2, 0) is 16.0 Å². The molecule has 1 aromatic carbocycles. The number of hydrogen-bond donors (Lipinski definition) is 1. The molecular formula is C25H34N2O5S. The van der Waals surface area contributed by atoms with Crippen molar-refractivity contribution in [3.63, 3.8) is 0 Å². The summed E-state index contributed by atoms with van der Waals surface area (Å²) in [6, 6.07) is 9.92. The van der Waals surface area contributed by atoms with Gasteiger partial charge in [0.05, 0.1) is 32.4 Å². The van der Waals surface area contributed by atoms with Crippen molar-refractivity contribution in [1.82, 2.24) is 9.80 Å². The Morgan fingerprint density at radius 1 is 1.27 bits per heavy atom. The molecule has 1 saturated carbocycles. The molecule has 0 radical (unpaired) electrons. The van der Waals surface area contributed by atoms with E-state index in [0.717, 1.165) is 19.3 Å². The van der Waals surface area contributed by atoms with Crippen LogP contribution in [0.1, 0.15) is 36.2 Å². The number of aliphatic hydroxyl groups is 1. The topological polar surface area (TPSA) is 71.5 Å². The predicted molar refractivity (Wildman–Crippen MR) is 128 cm³/mol. The van der Waals surface area contributed by atoms with Gasteiger partial charge in [0.25, 0.3) is 0 Å². The minimum atomic E-state index is -0.590. The fraction of sp³-hybridized carbons (Fsp3) is 0.560. The number of carbonyl (C=O) groups is 1.